The highest BCUT2D eigenvalue weighted by molar-refractivity contribution is 9.10. The first kappa shape index (κ1) is 19.5. The van der Waals surface area contributed by atoms with Crippen LogP contribution < -0.4 is 10.6 Å². The summed E-state index contributed by atoms with van der Waals surface area (Å²) < 4.78 is 15.6. The van der Waals surface area contributed by atoms with Crippen LogP contribution in [0.5, 0.6) is 0 Å². The van der Waals surface area contributed by atoms with Crippen molar-refractivity contribution in [2.24, 2.45) is 5.92 Å². The van der Waals surface area contributed by atoms with Gasteiger partial charge in [0.2, 0.25) is 0 Å². The van der Waals surface area contributed by atoms with Crippen molar-refractivity contribution < 1.29 is 4.39 Å². The molecule has 3 heterocycles. The first-order chi connectivity index (χ1) is 13.5. The molecule has 1 unspecified atom stereocenters. The molecule has 2 aromatic rings. The van der Waals surface area contributed by atoms with Gasteiger partial charge in [0.1, 0.15) is 10.5 Å². The second-order valence-electron chi connectivity index (χ2n) is 7.27. The third kappa shape index (κ3) is 2.97. The number of fused-ring (bicyclic) bond motifs is 2. The van der Waals surface area contributed by atoms with E-state index in [1.54, 1.807) is 13.8 Å². The van der Waals surface area contributed by atoms with E-state index in [-0.39, 0.29) is 0 Å². The lowest BCUT2D eigenvalue weighted by Gasteiger charge is -2.36. The zero-order chi connectivity index (χ0) is 20.0. The van der Waals surface area contributed by atoms with Gasteiger partial charge < -0.3 is 10.6 Å². The zero-order valence-corrected chi connectivity index (χ0v) is 18.3. The highest BCUT2D eigenvalue weighted by atomic mass is 79.9. The Balaban J connectivity index is 2.00. The van der Waals surface area contributed by atoms with Crippen LogP contribution >= 0.6 is 27.7 Å². The summed E-state index contributed by atoms with van der Waals surface area (Å²) in [4.78, 5) is 4.58. The van der Waals surface area contributed by atoms with Crippen LogP contribution in [0.2, 0.25) is 0 Å². The zero-order valence-electron chi connectivity index (χ0n) is 15.9. The number of nitrogens with one attached hydrogen (secondary N) is 2. The summed E-state index contributed by atoms with van der Waals surface area (Å²) in [6.45, 7) is 4.56. The Morgan fingerprint density at radius 2 is 2.29 bits per heavy atom. The van der Waals surface area contributed by atoms with E-state index < -0.39 is 11.7 Å². The van der Waals surface area contributed by atoms with Gasteiger partial charge in [0.05, 0.1) is 27.7 Å². The first-order valence-corrected chi connectivity index (χ1v) is 11.2. The number of nitriles is 1. The fourth-order valence-corrected chi connectivity index (χ4v) is 5.30. The van der Waals surface area contributed by atoms with Crippen LogP contribution in [0.3, 0.4) is 0 Å². The number of thioether (sulfide) groups is 1. The standard InChI is InChI=1S/C21H20BrFN4S/c1-4-5-12-19(26-18-11-6-15(18)25-9-11)14-7-13(10(2)8-24)16(22)17(23)20(14)27-21(12)28-3/h7,10-11,15,18,25H,6,9H2,1-3H3,(H,26,27)/t10?,11-,15-,18+/m1/s1. The van der Waals surface area contributed by atoms with Crippen molar-refractivity contribution in [1.82, 2.24) is 10.3 Å². The average Bonchev–Trinajstić information content (AvgIpc) is 3.33. The molecule has 3 fully saturated rings. The fourth-order valence-electron chi connectivity index (χ4n) is 4.12. The number of nitrogens with zero attached hydrogens (tertiary/aromatic N) is 2. The molecule has 0 amide bonds. The monoisotopic (exact) mass is 458 g/mol. The van der Waals surface area contributed by atoms with Gasteiger partial charge in [-0.05, 0) is 60.0 Å². The van der Waals surface area contributed by atoms with E-state index in [2.05, 4.69) is 49.5 Å². The summed E-state index contributed by atoms with van der Waals surface area (Å²) in [5.74, 6) is 5.85. The molecule has 1 saturated carbocycles. The minimum absolute atomic E-state index is 0.300. The Hall–Kier alpha value is -1.80. The van der Waals surface area contributed by atoms with Crippen LogP contribution in [0.1, 0.15) is 37.3 Å². The maximum absolute atomic E-state index is 15.3. The summed E-state index contributed by atoms with van der Waals surface area (Å²) in [6.07, 6.45) is 3.09. The topological polar surface area (TPSA) is 60.7 Å². The number of aromatic nitrogens is 1. The Kier molecular flexibility index (Phi) is 5.26. The number of pyridine rings is 1. The molecule has 1 aromatic heterocycles. The Labute approximate surface area is 176 Å². The van der Waals surface area contributed by atoms with Gasteiger partial charge in [-0.3, -0.25) is 0 Å². The molecule has 2 aliphatic heterocycles. The quantitative estimate of drug-likeness (QED) is 0.516. The minimum atomic E-state index is -0.441. The van der Waals surface area contributed by atoms with E-state index in [1.807, 2.05) is 12.3 Å². The van der Waals surface area contributed by atoms with Crippen LogP contribution in [-0.4, -0.2) is 29.9 Å². The van der Waals surface area contributed by atoms with Crippen molar-refractivity contribution in [3.8, 4) is 17.9 Å². The van der Waals surface area contributed by atoms with Crippen molar-refractivity contribution in [3.05, 3.63) is 27.5 Å². The van der Waals surface area contributed by atoms with Crippen LogP contribution in [0.4, 0.5) is 10.1 Å². The van der Waals surface area contributed by atoms with E-state index >= 15 is 4.39 Å². The Morgan fingerprint density at radius 1 is 1.50 bits per heavy atom. The maximum atomic E-state index is 15.3. The number of hydrogen-bond acceptors (Lipinski definition) is 5. The predicted octanol–water partition coefficient (Wildman–Crippen LogP) is 4.63. The van der Waals surface area contributed by atoms with Crippen molar-refractivity contribution in [3.63, 3.8) is 0 Å². The molecule has 5 rings (SSSR count). The Morgan fingerprint density at radius 3 is 2.86 bits per heavy atom. The molecule has 7 heteroatoms. The molecule has 28 heavy (non-hydrogen) atoms. The van der Waals surface area contributed by atoms with Gasteiger partial charge >= 0.3 is 0 Å². The molecule has 2 bridgehead atoms. The van der Waals surface area contributed by atoms with E-state index in [4.69, 9.17) is 0 Å². The highest BCUT2D eigenvalue weighted by Crippen LogP contribution is 2.42. The summed E-state index contributed by atoms with van der Waals surface area (Å²) >= 11 is 4.80. The highest BCUT2D eigenvalue weighted by Gasteiger charge is 2.47. The van der Waals surface area contributed by atoms with Gasteiger partial charge in [-0.2, -0.15) is 5.26 Å². The van der Waals surface area contributed by atoms with Crippen LogP contribution in [-0.2, 0) is 0 Å². The van der Waals surface area contributed by atoms with Crippen molar-refractivity contribution >= 4 is 44.3 Å². The smallest absolute Gasteiger partial charge is 0.164 e. The molecule has 3 aliphatic rings. The van der Waals surface area contributed by atoms with Gasteiger partial charge in [-0.15, -0.1) is 17.7 Å². The predicted molar refractivity (Wildman–Crippen MR) is 115 cm³/mol. The molecule has 4 atom stereocenters. The Bertz CT molecular complexity index is 1050. The number of halogens is 2. The van der Waals surface area contributed by atoms with E-state index in [0.717, 1.165) is 17.8 Å². The molecule has 1 aromatic carbocycles. The lowest BCUT2D eigenvalue weighted by atomic mass is 9.80. The van der Waals surface area contributed by atoms with E-state index in [9.17, 15) is 5.26 Å². The second-order valence-corrected chi connectivity index (χ2v) is 8.86. The van der Waals surface area contributed by atoms with Crippen LogP contribution in [0, 0.1) is 34.9 Å². The SMILES string of the molecule is CC#Cc1c(SC)nc2c(F)c(Br)c(C(C)C#N)cc2c1N[C@H]1[C@H]2CN[C@@H]1C2. The third-order valence-electron chi connectivity index (χ3n) is 5.71. The molecule has 4 nitrogen and oxygen atoms in total. The first-order valence-electron chi connectivity index (χ1n) is 9.22. The molecule has 144 valence electrons. The largest absolute Gasteiger partial charge is 0.379 e. The second kappa shape index (κ2) is 7.55. The summed E-state index contributed by atoms with van der Waals surface area (Å²) in [5.41, 5.74) is 2.55. The van der Waals surface area contributed by atoms with Gasteiger partial charge in [0.15, 0.2) is 5.82 Å². The van der Waals surface area contributed by atoms with Gasteiger partial charge in [0, 0.05) is 24.0 Å². The number of hydrogen-bond donors (Lipinski definition) is 2. The number of benzene rings is 1. The molecule has 1 aliphatic carbocycles. The molecule has 0 radical (unpaired) electrons. The van der Waals surface area contributed by atoms with Gasteiger partial charge in [0.25, 0.3) is 0 Å². The minimum Gasteiger partial charge on any atom is -0.379 e. The van der Waals surface area contributed by atoms with Crippen molar-refractivity contribution in [2.45, 2.75) is 43.3 Å². The molecule has 2 saturated heterocycles. The lowest BCUT2D eigenvalue weighted by molar-refractivity contribution is 0.327. The summed E-state index contributed by atoms with van der Waals surface area (Å²) in [6, 6.07) is 4.83. The maximum Gasteiger partial charge on any atom is 0.164 e. The van der Waals surface area contributed by atoms with Crippen molar-refractivity contribution in [1.29, 1.82) is 5.26 Å². The van der Waals surface area contributed by atoms with E-state index in [0.29, 0.717) is 44.0 Å². The molecular formula is C21H20BrFN4S. The van der Waals surface area contributed by atoms with E-state index in [1.165, 1.54) is 18.2 Å². The molecule has 2 N–H and O–H groups in total. The average molecular weight is 459 g/mol. The lowest BCUT2D eigenvalue weighted by Crippen LogP contribution is -2.47. The van der Waals surface area contributed by atoms with Gasteiger partial charge in [-0.1, -0.05) is 5.92 Å². The molecular weight excluding hydrogens is 439 g/mol. The van der Waals surface area contributed by atoms with Crippen molar-refractivity contribution in [2.75, 3.05) is 18.1 Å². The van der Waals surface area contributed by atoms with Crippen LogP contribution in [0.15, 0.2) is 15.6 Å². The number of rotatable bonds is 4. The normalized spacial score (nSPS) is 23.5. The fraction of sp³-hybridized carbons (Fsp3) is 0.429. The van der Waals surface area contributed by atoms with Crippen LogP contribution in [0.25, 0.3) is 10.9 Å². The molecule has 0 spiro atoms. The van der Waals surface area contributed by atoms with Gasteiger partial charge in [-0.25, -0.2) is 9.37 Å². The summed E-state index contributed by atoms with van der Waals surface area (Å²) in [7, 11) is 0. The number of anilines is 1. The third-order valence-corrected chi connectivity index (χ3v) is 7.20. The summed E-state index contributed by atoms with van der Waals surface area (Å²) in [5, 5.41) is 17.9.